The number of fused-ring (bicyclic) bond motifs is 1. The van der Waals surface area contributed by atoms with Crippen LogP contribution in [-0.4, -0.2) is 32.0 Å². The highest BCUT2D eigenvalue weighted by Crippen LogP contribution is 2.34. The molecular formula is C23H21ClN4O2S. The Hall–Kier alpha value is -3.16. The zero-order chi connectivity index (χ0) is 22.1. The van der Waals surface area contributed by atoms with E-state index in [1.165, 1.54) is 15.3 Å². The van der Waals surface area contributed by atoms with Crippen LogP contribution in [0.4, 0.5) is 0 Å². The highest BCUT2D eigenvalue weighted by Gasteiger charge is 2.20. The molecule has 31 heavy (non-hydrogen) atoms. The van der Waals surface area contributed by atoms with Gasteiger partial charge in [0.1, 0.15) is 5.56 Å². The zero-order valence-corrected chi connectivity index (χ0v) is 18.6. The molecule has 4 rings (SSSR count). The number of rotatable bonds is 5. The van der Waals surface area contributed by atoms with Gasteiger partial charge in [-0.2, -0.15) is 0 Å². The molecule has 1 atom stereocenters. The summed E-state index contributed by atoms with van der Waals surface area (Å²) in [5.41, 5.74) is 2.72. The lowest BCUT2D eigenvalue weighted by atomic mass is 9.91. The minimum Gasteiger partial charge on any atom is -0.494 e. The maximum absolute atomic E-state index is 12.6. The van der Waals surface area contributed by atoms with Crippen LogP contribution >= 0.6 is 23.8 Å². The molecule has 8 heteroatoms. The number of nitrogens with one attached hydrogen (secondary N) is 1. The zero-order valence-electron chi connectivity index (χ0n) is 17.0. The maximum Gasteiger partial charge on any atom is 0.266 e. The summed E-state index contributed by atoms with van der Waals surface area (Å²) in [6.45, 7) is 0.341. The summed E-state index contributed by atoms with van der Waals surface area (Å²) in [5, 5.41) is 12.1. The number of aromatic amines is 1. The van der Waals surface area contributed by atoms with Gasteiger partial charge < -0.3 is 10.1 Å². The van der Waals surface area contributed by atoms with Crippen molar-refractivity contribution in [2.24, 2.45) is 19.1 Å². The van der Waals surface area contributed by atoms with Crippen LogP contribution in [0.15, 0.2) is 64.5 Å². The SMILES string of the molecule is Cn1c(O)c(C=NCC(c2ccccc2Cl)c2c[nH]c3ccccc23)c(=O)n(C)c1=S. The summed E-state index contributed by atoms with van der Waals surface area (Å²) in [6, 6.07) is 15.7. The number of benzene rings is 2. The molecule has 0 saturated heterocycles. The third-order valence-corrected chi connectivity index (χ3v) is 6.35. The minimum absolute atomic E-state index is 0.0930. The standard InChI is InChI=1S/C23H21ClN4O2S/c1-27-21(29)18(22(30)28(2)23(27)31)12-25-11-16(14-7-3-5-9-19(14)24)17-13-26-20-10-6-4-8-15(17)20/h3-10,12-13,16,26,29H,11H2,1-2H3. The molecule has 0 aliphatic rings. The lowest BCUT2D eigenvalue weighted by molar-refractivity contribution is 0.415. The first-order chi connectivity index (χ1) is 14.9. The number of nitrogens with zero attached hydrogens (tertiary/aromatic N) is 3. The molecule has 2 aromatic heterocycles. The van der Waals surface area contributed by atoms with Gasteiger partial charge in [-0.3, -0.25) is 18.9 Å². The Kier molecular flexibility index (Phi) is 5.80. The molecule has 4 aromatic rings. The van der Waals surface area contributed by atoms with E-state index in [1.807, 2.05) is 48.7 Å². The van der Waals surface area contributed by atoms with Crippen molar-refractivity contribution in [3.05, 3.63) is 91.6 Å². The van der Waals surface area contributed by atoms with E-state index in [4.69, 9.17) is 23.8 Å². The predicted molar refractivity (Wildman–Crippen MR) is 127 cm³/mol. The molecule has 0 aliphatic carbocycles. The van der Waals surface area contributed by atoms with Crippen molar-refractivity contribution < 1.29 is 5.11 Å². The molecule has 2 heterocycles. The Morgan fingerprint density at radius 2 is 1.84 bits per heavy atom. The predicted octanol–water partition coefficient (Wildman–Crippen LogP) is 4.54. The van der Waals surface area contributed by atoms with E-state index in [2.05, 4.69) is 16.0 Å². The normalized spacial score (nSPS) is 12.6. The van der Waals surface area contributed by atoms with Gasteiger partial charge in [0, 0.05) is 54.9 Å². The molecular weight excluding hydrogens is 432 g/mol. The Labute approximate surface area is 189 Å². The van der Waals surface area contributed by atoms with Gasteiger partial charge in [-0.15, -0.1) is 0 Å². The van der Waals surface area contributed by atoms with E-state index in [0.717, 1.165) is 22.0 Å². The third-order valence-electron chi connectivity index (χ3n) is 5.45. The first-order valence-electron chi connectivity index (χ1n) is 9.69. The minimum atomic E-state index is -0.397. The van der Waals surface area contributed by atoms with Gasteiger partial charge in [0.2, 0.25) is 5.88 Å². The smallest absolute Gasteiger partial charge is 0.266 e. The van der Waals surface area contributed by atoms with Gasteiger partial charge in [0.25, 0.3) is 5.56 Å². The average Bonchev–Trinajstić information content (AvgIpc) is 3.21. The van der Waals surface area contributed by atoms with Crippen molar-refractivity contribution in [1.29, 1.82) is 0 Å². The number of aromatic nitrogens is 3. The van der Waals surface area contributed by atoms with Crippen molar-refractivity contribution in [3.8, 4) is 5.88 Å². The maximum atomic E-state index is 12.6. The Balaban J connectivity index is 1.78. The summed E-state index contributed by atoms with van der Waals surface area (Å²) in [6.07, 6.45) is 3.38. The molecule has 158 valence electrons. The molecule has 6 nitrogen and oxygen atoms in total. The number of aliphatic imine (C=N–C) groups is 1. The Morgan fingerprint density at radius 3 is 2.61 bits per heavy atom. The quantitative estimate of drug-likeness (QED) is 0.344. The van der Waals surface area contributed by atoms with Gasteiger partial charge in [-0.05, 0) is 35.5 Å². The fraction of sp³-hybridized carbons (Fsp3) is 0.174. The molecule has 0 aliphatic heterocycles. The van der Waals surface area contributed by atoms with Gasteiger partial charge in [0.05, 0.1) is 0 Å². The van der Waals surface area contributed by atoms with Gasteiger partial charge in [-0.1, -0.05) is 48.0 Å². The van der Waals surface area contributed by atoms with Crippen LogP contribution in [0, 0.1) is 4.77 Å². The number of hydrogen-bond acceptors (Lipinski definition) is 4. The molecule has 0 spiro atoms. The van der Waals surface area contributed by atoms with Gasteiger partial charge >= 0.3 is 0 Å². The summed E-state index contributed by atoms with van der Waals surface area (Å²) < 4.78 is 2.91. The largest absolute Gasteiger partial charge is 0.494 e. The van der Waals surface area contributed by atoms with Crippen LogP contribution in [-0.2, 0) is 14.1 Å². The summed E-state index contributed by atoms with van der Waals surface area (Å²) in [4.78, 5) is 20.4. The molecule has 2 aromatic carbocycles. The molecule has 0 saturated carbocycles. The lowest BCUT2D eigenvalue weighted by Crippen LogP contribution is -2.25. The molecule has 0 fully saturated rings. The van der Waals surface area contributed by atoms with Crippen molar-refractivity contribution in [3.63, 3.8) is 0 Å². The van der Waals surface area contributed by atoms with Gasteiger partial charge in [0.15, 0.2) is 4.77 Å². The van der Waals surface area contributed by atoms with Crippen LogP contribution in [0.2, 0.25) is 5.02 Å². The average molecular weight is 453 g/mol. The topological polar surface area (TPSA) is 75.3 Å². The van der Waals surface area contributed by atoms with Crippen molar-refractivity contribution in [1.82, 2.24) is 14.1 Å². The van der Waals surface area contributed by atoms with Crippen LogP contribution in [0.25, 0.3) is 10.9 Å². The monoisotopic (exact) mass is 452 g/mol. The Morgan fingerprint density at radius 1 is 1.13 bits per heavy atom. The third kappa shape index (κ3) is 3.82. The molecule has 0 bridgehead atoms. The van der Waals surface area contributed by atoms with Crippen molar-refractivity contribution in [2.75, 3.05) is 6.54 Å². The molecule has 0 amide bonds. The number of H-pyrrole nitrogens is 1. The molecule has 0 radical (unpaired) electrons. The second-order valence-electron chi connectivity index (χ2n) is 7.30. The molecule has 2 N–H and O–H groups in total. The summed E-state index contributed by atoms with van der Waals surface area (Å²) >= 11 is 11.7. The van der Waals surface area contributed by atoms with E-state index in [9.17, 15) is 9.90 Å². The number of aromatic hydroxyl groups is 1. The van der Waals surface area contributed by atoms with Crippen molar-refractivity contribution in [2.45, 2.75) is 5.92 Å². The molecule has 1 unspecified atom stereocenters. The fourth-order valence-corrected chi connectivity index (χ4v) is 4.16. The highest BCUT2D eigenvalue weighted by molar-refractivity contribution is 7.71. The van der Waals surface area contributed by atoms with Crippen LogP contribution < -0.4 is 5.56 Å². The number of hydrogen-bond donors (Lipinski definition) is 2. The summed E-state index contributed by atoms with van der Waals surface area (Å²) in [5.74, 6) is -0.350. The van der Waals surface area contributed by atoms with Crippen LogP contribution in [0.3, 0.4) is 0 Å². The fourth-order valence-electron chi connectivity index (χ4n) is 3.73. The second kappa shape index (κ2) is 8.53. The van der Waals surface area contributed by atoms with Crippen LogP contribution in [0.5, 0.6) is 5.88 Å². The van der Waals surface area contributed by atoms with Crippen LogP contribution in [0.1, 0.15) is 22.6 Å². The first kappa shape index (κ1) is 21.1. The van der Waals surface area contributed by atoms with E-state index in [0.29, 0.717) is 11.6 Å². The van der Waals surface area contributed by atoms with E-state index in [1.54, 1.807) is 14.1 Å². The van der Waals surface area contributed by atoms with E-state index >= 15 is 0 Å². The second-order valence-corrected chi connectivity index (χ2v) is 8.07. The van der Waals surface area contributed by atoms with Crippen molar-refractivity contribution >= 4 is 40.9 Å². The number of halogens is 1. The van der Waals surface area contributed by atoms with Gasteiger partial charge in [-0.25, -0.2) is 0 Å². The summed E-state index contributed by atoms with van der Waals surface area (Å²) in [7, 11) is 3.17. The Bertz CT molecular complexity index is 1420. The number of para-hydroxylation sites is 1. The van der Waals surface area contributed by atoms with E-state index in [-0.39, 0.29) is 22.1 Å². The first-order valence-corrected chi connectivity index (χ1v) is 10.5. The van der Waals surface area contributed by atoms with E-state index < -0.39 is 5.56 Å². The lowest BCUT2D eigenvalue weighted by Gasteiger charge is -2.17. The highest BCUT2D eigenvalue weighted by atomic mass is 35.5.